The summed E-state index contributed by atoms with van der Waals surface area (Å²) in [6.07, 6.45) is 3.59. The van der Waals surface area contributed by atoms with Crippen molar-refractivity contribution < 1.29 is 13.3 Å². The lowest BCUT2D eigenvalue weighted by Gasteiger charge is -2.23. The second-order valence-corrected chi connectivity index (χ2v) is 7.71. The van der Waals surface area contributed by atoms with E-state index in [4.69, 9.17) is 0 Å². The Hall–Kier alpha value is -0.990. The molecule has 6 nitrogen and oxygen atoms in total. The molecule has 110 valence electrons. The summed E-state index contributed by atoms with van der Waals surface area (Å²) in [6, 6.07) is 3.89. The zero-order valence-electron chi connectivity index (χ0n) is 11.0. The van der Waals surface area contributed by atoms with Crippen LogP contribution in [0.15, 0.2) is 27.6 Å². The molecule has 0 atom stereocenters. The van der Waals surface area contributed by atoms with Gasteiger partial charge in [-0.2, -0.15) is 4.31 Å². The van der Waals surface area contributed by atoms with Gasteiger partial charge in [0.25, 0.3) is 5.69 Å². The molecular formula is C12H15BrN2O4S. The molecule has 0 saturated heterocycles. The van der Waals surface area contributed by atoms with Crippen LogP contribution in [0.1, 0.15) is 25.7 Å². The summed E-state index contributed by atoms with van der Waals surface area (Å²) < 4.78 is 27.0. The first kappa shape index (κ1) is 15.4. The van der Waals surface area contributed by atoms with E-state index in [-0.39, 0.29) is 10.9 Å². The van der Waals surface area contributed by atoms with Crippen LogP contribution >= 0.6 is 15.9 Å². The molecule has 1 aromatic rings. The third kappa shape index (κ3) is 2.87. The summed E-state index contributed by atoms with van der Waals surface area (Å²) in [4.78, 5) is 10.1. The van der Waals surface area contributed by atoms with Crippen molar-refractivity contribution in [2.45, 2.75) is 36.6 Å². The van der Waals surface area contributed by atoms with Crippen LogP contribution in [0.25, 0.3) is 0 Å². The average molecular weight is 363 g/mol. The number of sulfonamides is 1. The summed E-state index contributed by atoms with van der Waals surface area (Å²) in [5.41, 5.74) is -0.391. The van der Waals surface area contributed by atoms with E-state index >= 15 is 0 Å². The maximum Gasteiger partial charge on any atom is 0.289 e. The number of hydrogen-bond acceptors (Lipinski definition) is 4. The molecule has 0 spiro atoms. The Kier molecular flexibility index (Phi) is 4.46. The summed E-state index contributed by atoms with van der Waals surface area (Å²) in [5.74, 6) is 0. The van der Waals surface area contributed by atoms with Crippen LogP contribution in [-0.4, -0.2) is 30.7 Å². The van der Waals surface area contributed by atoms with Crippen molar-refractivity contribution in [2.24, 2.45) is 0 Å². The molecule has 0 bridgehead atoms. The monoisotopic (exact) mass is 362 g/mol. The van der Waals surface area contributed by atoms with Gasteiger partial charge in [-0.25, -0.2) is 8.42 Å². The van der Waals surface area contributed by atoms with Crippen LogP contribution in [0.3, 0.4) is 0 Å². The molecule has 8 heteroatoms. The van der Waals surface area contributed by atoms with E-state index in [9.17, 15) is 18.5 Å². The number of benzene rings is 1. The molecule has 1 aliphatic carbocycles. The lowest BCUT2D eigenvalue weighted by Crippen LogP contribution is -2.35. The Morgan fingerprint density at radius 1 is 1.35 bits per heavy atom. The second-order valence-electron chi connectivity index (χ2n) is 4.83. The summed E-state index contributed by atoms with van der Waals surface area (Å²) in [5, 5.41) is 11.0. The van der Waals surface area contributed by atoms with Crippen LogP contribution in [0.2, 0.25) is 0 Å². The molecule has 0 amide bonds. The van der Waals surface area contributed by atoms with E-state index < -0.39 is 20.6 Å². The van der Waals surface area contributed by atoms with Gasteiger partial charge in [0.1, 0.15) is 0 Å². The van der Waals surface area contributed by atoms with E-state index in [0.29, 0.717) is 4.47 Å². The first-order chi connectivity index (χ1) is 9.34. The maximum absolute atomic E-state index is 12.6. The predicted molar refractivity (Wildman–Crippen MR) is 78.0 cm³/mol. The Balaban J connectivity index is 2.47. The van der Waals surface area contributed by atoms with Crippen LogP contribution in [0.4, 0.5) is 5.69 Å². The molecule has 1 aliphatic rings. The Morgan fingerprint density at radius 3 is 2.50 bits per heavy atom. The highest BCUT2D eigenvalue weighted by Crippen LogP contribution is 2.32. The predicted octanol–water partition coefficient (Wildman–Crippen LogP) is 2.92. The third-order valence-electron chi connectivity index (χ3n) is 3.61. The third-order valence-corrected chi connectivity index (χ3v) is 6.05. The molecule has 20 heavy (non-hydrogen) atoms. The second kappa shape index (κ2) is 5.79. The molecule has 0 radical (unpaired) electrons. The van der Waals surface area contributed by atoms with E-state index in [1.165, 1.54) is 29.6 Å². The van der Waals surface area contributed by atoms with Crippen molar-refractivity contribution >= 4 is 31.6 Å². The van der Waals surface area contributed by atoms with Gasteiger partial charge in [0.2, 0.25) is 10.0 Å². The molecule has 0 N–H and O–H groups in total. The van der Waals surface area contributed by atoms with Gasteiger partial charge in [0.05, 0.1) is 4.92 Å². The summed E-state index contributed by atoms with van der Waals surface area (Å²) in [6.45, 7) is 0. The largest absolute Gasteiger partial charge is 0.289 e. The zero-order valence-corrected chi connectivity index (χ0v) is 13.4. The number of nitro groups is 1. The van der Waals surface area contributed by atoms with Gasteiger partial charge in [-0.3, -0.25) is 10.1 Å². The Morgan fingerprint density at radius 2 is 1.95 bits per heavy atom. The van der Waals surface area contributed by atoms with Gasteiger partial charge in [0, 0.05) is 23.6 Å². The van der Waals surface area contributed by atoms with Gasteiger partial charge in [0.15, 0.2) is 4.90 Å². The normalized spacial score (nSPS) is 16.8. The van der Waals surface area contributed by atoms with Gasteiger partial charge in [-0.05, 0) is 25.0 Å². The smallest absolute Gasteiger partial charge is 0.258 e. The van der Waals surface area contributed by atoms with Crippen molar-refractivity contribution in [1.29, 1.82) is 0 Å². The van der Waals surface area contributed by atoms with Crippen molar-refractivity contribution in [3.8, 4) is 0 Å². The number of hydrogen-bond donors (Lipinski definition) is 0. The molecule has 0 heterocycles. The standard InChI is InChI=1S/C12H15BrN2O4S/c1-14(10-4-2-3-5-10)20(18,19)12-8-9(13)6-7-11(12)15(16)17/h6-8,10H,2-5H2,1H3. The Labute approximate surface area is 126 Å². The van der Waals surface area contributed by atoms with E-state index in [0.717, 1.165) is 25.7 Å². The molecule has 2 rings (SSSR count). The first-order valence-corrected chi connectivity index (χ1v) is 8.49. The fourth-order valence-electron chi connectivity index (χ4n) is 2.46. The van der Waals surface area contributed by atoms with Crippen LogP contribution in [0, 0.1) is 10.1 Å². The minimum atomic E-state index is -3.86. The van der Waals surface area contributed by atoms with E-state index in [2.05, 4.69) is 15.9 Å². The number of rotatable bonds is 4. The quantitative estimate of drug-likeness (QED) is 0.609. The minimum Gasteiger partial charge on any atom is -0.258 e. The first-order valence-electron chi connectivity index (χ1n) is 6.26. The fourth-order valence-corrected chi connectivity index (χ4v) is 4.57. The summed E-state index contributed by atoms with van der Waals surface area (Å²) >= 11 is 3.16. The lowest BCUT2D eigenvalue weighted by molar-refractivity contribution is -0.387. The van der Waals surface area contributed by atoms with E-state index in [1.807, 2.05) is 0 Å². The molecule has 1 aromatic carbocycles. The van der Waals surface area contributed by atoms with Crippen molar-refractivity contribution in [2.75, 3.05) is 7.05 Å². The van der Waals surface area contributed by atoms with Crippen LogP contribution < -0.4 is 0 Å². The van der Waals surface area contributed by atoms with Gasteiger partial charge in [-0.1, -0.05) is 28.8 Å². The highest BCUT2D eigenvalue weighted by molar-refractivity contribution is 9.10. The fraction of sp³-hybridized carbons (Fsp3) is 0.500. The number of nitro benzene ring substituents is 1. The summed E-state index contributed by atoms with van der Waals surface area (Å²) in [7, 11) is -2.36. The molecule has 0 unspecified atom stereocenters. The maximum atomic E-state index is 12.6. The van der Waals surface area contributed by atoms with Crippen LogP contribution in [0.5, 0.6) is 0 Å². The van der Waals surface area contributed by atoms with Crippen molar-refractivity contribution in [1.82, 2.24) is 4.31 Å². The van der Waals surface area contributed by atoms with Gasteiger partial charge < -0.3 is 0 Å². The van der Waals surface area contributed by atoms with Gasteiger partial charge in [-0.15, -0.1) is 0 Å². The van der Waals surface area contributed by atoms with E-state index in [1.54, 1.807) is 0 Å². The Bertz CT molecular complexity index is 626. The molecule has 0 aromatic heterocycles. The number of halogens is 1. The molecule has 1 saturated carbocycles. The minimum absolute atomic E-state index is 0.0708. The lowest BCUT2D eigenvalue weighted by atomic mass is 10.3. The van der Waals surface area contributed by atoms with Crippen molar-refractivity contribution in [3.05, 3.63) is 32.8 Å². The highest BCUT2D eigenvalue weighted by Gasteiger charge is 2.34. The SMILES string of the molecule is CN(C1CCCC1)S(=O)(=O)c1cc(Br)ccc1[N+](=O)[O-]. The highest BCUT2D eigenvalue weighted by atomic mass is 79.9. The molecule has 1 fully saturated rings. The van der Waals surface area contributed by atoms with Crippen molar-refractivity contribution in [3.63, 3.8) is 0 Å². The molecule has 0 aliphatic heterocycles. The molecular weight excluding hydrogens is 348 g/mol. The van der Waals surface area contributed by atoms with Gasteiger partial charge >= 0.3 is 0 Å². The van der Waals surface area contributed by atoms with Crippen LogP contribution in [-0.2, 0) is 10.0 Å². The number of nitrogens with zero attached hydrogens (tertiary/aromatic N) is 2. The topological polar surface area (TPSA) is 80.5 Å². The average Bonchev–Trinajstić information content (AvgIpc) is 2.91. The zero-order chi connectivity index (χ0) is 14.9.